The van der Waals surface area contributed by atoms with Gasteiger partial charge in [-0.3, -0.25) is 0 Å². The van der Waals surface area contributed by atoms with Gasteiger partial charge in [-0.1, -0.05) is 54.6 Å². The van der Waals surface area contributed by atoms with Gasteiger partial charge in [0.15, 0.2) is 0 Å². The maximum atomic E-state index is 5.98. The number of nitrogens with two attached hydrogens (primary N) is 1. The summed E-state index contributed by atoms with van der Waals surface area (Å²) in [5.41, 5.74) is 6.95. The van der Waals surface area contributed by atoms with E-state index < -0.39 is 0 Å². The normalized spacial score (nSPS) is 12.4. The molecule has 0 saturated heterocycles. The highest BCUT2D eigenvalue weighted by atomic mass is 35.5. The van der Waals surface area contributed by atoms with Crippen LogP contribution in [0.1, 0.15) is 18.5 Å². The fourth-order valence-electron chi connectivity index (χ4n) is 1.93. The van der Waals surface area contributed by atoms with Gasteiger partial charge < -0.3 is 10.5 Å². The first kappa shape index (κ1) is 12.9. The van der Waals surface area contributed by atoms with Gasteiger partial charge in [-0.05, 0) is 12.3 Å². The molecule has 18 heavy (non-hydrogen) atoms. The number of rotatable bonds is 4. The highest BCUT2D eigenvalue weighted by Gasteiger charge is 2.12. The molecule has 0 aliphatic rings. The maximum Gasteiger partial charge on any atom is 0.132 e. The average molecular weight is 262 g/mol. The third-order valence-electron chi connectivity index (χ3n) is 2.77. The molecule has 2 aromatic carbocycles. The number of benzene rings is 2. The van der Waals surface area contributed by atoms with Gasteiger partial charge in [0, 0.05) is 22.0 Å². The van der Waals surface area contributed by atoms with E-state index in [1.807, 2.05) is 37.3 Å². The lowest BCUT2D eigenvalue weighted by molar-refractivity contribution is 0.358. The van der Waals surface area contributed by atoms with Crippen LogP contribution in [0.5, 0.6) is 5.75 Å². The molecule has 0 aliphatic carbocycles. The first-order valence-corrected chi connectivity index (χ1v) is 6.20. The first-order chi connectivity index (χ1) is 8.59. The summed E-state index contributed by atoms with van der Waals surface area (Å²) in [6, 6.07) is 12.0. The molecule has 0 heterocycles. The number of ether oxygens (including phenoxy) is 1. The van der Waals surface area contributed by atoms with Crippen molar-refractivity contribution in [3.8, 4) is 5.75 Å². The summed E-state index contributed by atoms with van der Waals surface area (Å²) < 4.78 is 5.76. The van der Waals surface area contributed by atoms with Gasteiger partial charge >= 0.3 is 0 Å². The van der Waals surface area contributed by atoms with E-state index in [0.29, 0.717) is 5.03 Å². The van der Waals surface area contributed by atoms with Crippen LogP contribution in [0.2, 0.25) is 0 Å². The monoisotopic (exact) mass is 261 g/mol. The van der Waals surface area contributed by atoms with E-state index >= 15 is 0 Å². The van der Waals surface area contributed by atoms with Crippen molar-refractivity contribution in [3.05, 3.63) is 53.6 Å². The Labute approximate surface area is 112 Å². The zero-order valence-electron chi connectivity index (χ0n) is 10.3. The van der Waals surface area contributed by atoms with E-state index in [2.05, 4.69) is 12.6 Å². The fourth-order valence-corrected chi connectivity index (χ4v) is 1.98. The minimum Gasteiger partial charge on any atom is -0.487 e. The minimum atomic E-state index is -0.0896. The molecule has 1 atom stereocenters. The van der Waals surface area contributed by atoms with Crippen molar-refractivity contribution in [3.63, 3.8) is 0 Å². The predicted octanol–water partition coefficient (Wildman–Crippen LogP) is 3.99. The molecule has 3 heteroatoms. The smallest absolute Gasteiger partial charge is 0.132 e. The Bertz CT molecular complexity index is 578. The molecule has 0 aromatic heterocycles. The second-order valence-corrected chi connectivity index (χ2v) is 4.83. The highest BCUT2D eigenvalue weighted by molar-refractivity contribution is 6.29. The Morgan fingerprint density at radius 3 is 2.72 bits per heavy atom. The van der Waals surface area contributed by atoms with Crippen LogP contribution in [0.25, 0.3) is 10.8 Å². The Balaban J connectivity index is 2.55. The summed E-state index contributed by atoms with van der Waals surface area (Å²) in [7, 11) is 0. The van der Waals surface area contributed by atoms with Crippen molar-refractivity contribution < 1.29 is 4.74 Å². The quantitative estimate of drug-likeness (QED) is 0.903. The molecule has 94 valence electrons. The van der Waals surface area contributed by atoms with Crippen molar-refractivity contribution >= 4 is 22.4 Å². The van der Waals surface area contributed by atoms with Crippen molar-refractivity contribution in [2.45, 2.75) is 13.0 Å². The summed E-state index contributed by atoms with van der Waals surface area (Å²) in [5, 5.41) is 2.64. The van der Waals surface area contributed by atoms with Gasteiger partial charge in [-0.2, -0.15) is 0 Å². The lowest BCUT2D eigenvalue weighted by Gasteiger charge is -2.16. The molecule has 2 aromatic rings. The largest absolute Gasteiger partial charge is 0.487 e. The summed E-state index contributed by atoms with van der Waals surface area (Å²) >= 11 is 5.76. The van der Waals surface area contributed by atoms with Crippen LogP contribution in [-0.4, -0.2) is 6.61 Å². The van der Waals surface area contributed by atoms with E-state index in [0.717, 1.165) is 22.1 Å². The molecule has 2 nitrogen and oxygen atoms in total. The van der Waals surface area contributed by atoms with Gasteiger partial charge in [-0.15, -0.1) is 0 Å². The number of hydrogen-bond acceptors (Lipinski definition) is 2. The van der Waals surface area contributed by atoms with Gasteiger partial charge in [0.1, 0.15) is 12.4 Å². The third kappa shape index (κ3) is 2.66. The molecular formula is C15H16ClNO. The highest BCUT2D eigenvalue weighted by Crippen LogP contribution is 2.33. The average Bonchev–Trinajstić information content (AvgIpc) is 2.35. The molecule has 0 spiro atoms. The zero-order valence-corrected chi connectivity index (χ0v) is 11.1. The Morgan fingerprint density at radius 1 is 1.33 bits per heavy atom. The lowest BCUT2D eigenvalue weighted by atomic mass is 10.0. The first-order valence-electron chi connectivity index (χ1n) is 5.83. The zero-order chi connectivity index (χ0) is 13.1. The standard InChI is InChI=1S/C15H16ClNO/c1-10(16)9-18-15-13(11(2)17)8-7-12-5-3-4-6-14(12)15/h3-8,11H,1,9,17H2,2H3/t11-/m0/s1. The van der Waals surface area contributed by atoms with Crippen LogP contribution in [-0.2, 0) is 0 Å². The Hall–Kier alpha value is -1.51. The molecule has 0 radical (unpaired) electrons. The molecule has 0 unspecified atom stereocenters. The summed E-state index contributed by atoms with van der Waals surface area (Å²) in [5.74, 6) is 0.796. The van der Waals surface area contributed by atoms with Crippen molar-refractivity contribution in [2.75, 3.05) is 6.61 Å². The maximum absolute atomic E-state index is 5.98. The molecule has 0 fully saturated rings. The van der Waals surface area contributed by atoms with E-state index in [9.17, 15) is 0 Å². The van der Waals surface area contributed by atoms with Crippen LogP contribution in [0.3, 0.4) is 0 Å². The molecule has 0 bridgehead atoms. The number of fused-ring (bicyclic) bond motifs is 1. The summed E-state index contributed by atoms with van der Waals surface area (Å²) in [4.78, 5) is 0. The molecule has 2 N–H and O–H groups in total. The van der Waals surface area contributed by atoms with Gasteiger partial charge in [0.25, 0.3) is 0 Å². The summed E-state index contributed by atoms with van der Waals surface area (Å²) in [6.45, 7) is 5.86. The summed E-state index contributed by atoms with van der Waals surface area (Å²) in [6.07, 6.45) is 0. The van der Waals surface area contributed by atoms with E-state index in [-0.39, 0.29) is 12.6 Å². The Morgan fingerprint density at radius 2 is 2.06 bits per heavy atom. The van der Waals surface area contributed by atoms with Crippen molar-refractivity contribution in [2.24, 2.45) is 5.73 Å². The van der Waals surface area contributed by atoms with Crippen LogP contribution < -0.4 is 10.5 Å². The van der Waals surface area contributed by atoms with Crippen molar-refractivity contribution in [1.82, 2.24) is 0 Å². The Kier molecular flexibility index (Phi) is 3.90. The van der Waals surface area contributed by atoms with E-state index in [4.69, 9.17) is 22.1 Å². The van der Waals surface area contributed by atoms with E-state index in [1.54, 1.807) is 0 Å². The SMILES string of the molecule is C=C(Cl)COc1c([C@H](C)N)ccc2ccccc12. The topological polar surface area (TPSA) is 35.2 Å². The van der Waals surface area contributed by atoms with E-state index in [1.165, 1.54) is 0 Å². The molecule has 0 amide bonds. The molecule has 0 aliphatic heterocycles. The fraction of sp³-hybridized carbons (Fsp3) is 0.200. The van der Waals surface area contributed by atoms with Crippen LogP contribution in [0.15, 0.2) is 48.0 Å². The van der Waals surface area contributed by atoms with Gasteiger partial charge in [0.2, 0.25) is 0 Å². The number of halogens is 1. The second-order valence-electron chi connectivity index (χ2n) is 4.30. The third-order valence-corrected chi connectivity index (χ3v) is 2.88. The predicted molar refractivity (Wildman–Crippen MR) is 77.0 cm³/mol. The number of hydrogen-bond donors (Lipinski definition) is 1. The molecular weight excluding hydrogens is 246 g/mol. The van der Waals surface area contributed by atoms with Crippen LogP contribution in [0.4, 0.5) is 0 Å². The molecule has 0 saturated carbocycles. The van der Waals surface area contributed by atoms with Crippen molar-refractivity contribution in [1.29, 1.82) is 0 Å². The minimum absolute atomic E-state index is 0.0896. The molecule has 2 rings (SSSR count). The van der Waals surface area contributed by atoms with Gasteiger partial charge in [0.05, 0.1) is 0 Å². The van der Waals surface area contributed by atoms with Gasteiger partial charge in [-0.25, -0.2) is 0 Å². The second kappa shape index (κ2) is 5.42. The van der Waals surface area contributed by atoms with Crippen LogP contribution in [0, 0.1) is 0 Å². The lowest BCUT2D eigenvalue weighted by Crippen LogP contribution is -2.09. The van der Waals surface area contributed by atoms with Crippen LogP contribution >= 0.6 is 11.6 Å².